The quantitative estimate of drug-likeness (QED) is 0.721. The Morgan fingerprint density at radius 1 is 1.06 bits per heavy atom. The molecule has 1 unspecified atom stereocenters. The molecule has 0 radical (unpaired) electrons. The van der Waals surface area contributed by atoms with Crippen LogP contribution in [0.5, 0.6) is 0 Å². The zero-order chi connectivity index (χ0) is 21.9. The van der Waals surface area contributed by atoms with E-state index in [4.69, 9.17) is 4.74 Å². The molecule has 1 aromatic carbocycles. The summed E-state index contributed by atoms with van der Waals surface area (Å²) >= 11 is 0. The maximum absolute atomic E-state index is 11.2. The van der Waals surface area contributed by atoms with Crippen molar-refractivity contribution in [3.05, 3.63) is 36.7 Å². The number of hydrogen-bond donors (Lipinski definition) is 2. The van der Waals surface area contributed by atoms with Crippen LogP contribution in [-0.2, 0) is 9.53 Å². The van der Waals surface area contributed by atoms with Gasteiger partial charge in [-0.3, -0.25) is 9.78 Å². The Hall–Kier alpha value is -2.51. The average Bonchev–Trinajstić information content (AvgIpc) is 3.33. The first-order valence-corrected chi connectivity index (χ1v) is 11.9. The number of fused-ring (bicyclic) bond motifs is 1. The number of ether oxygens (including phenoxy) is 1. The molecule has 3 heterocycles. The molecular formula is C25H33N5O2. The van der Waals surface area contributed by atoms with Crippen molar-refractivity contribution >= 4 is 17.4 Å². The molecule has 1 amide bonds. The SMILES string of the molecule is CC(=O)Nc1ccc(-c2cnc(NC3C[C@@H]4CN(CC5CCOCC5)C[C@@H]4C3)cn2)cc1. The molecule has 1 aliphatic carbocycles. The van der Waals surface area contributed by atoms with Gasteiger partial charge in [0.1, 0.15) is 5.82 Å². The molecule has 2 N–H and O–H groups in total. The summed E-state index contributed by atoms with van der Waals surface area (Å²) in [7, 11) is 0. The molecule has 170 valence electrons. The highest BCUT2D eigenvalue weighted by Gasteiger charge is 2.41. The summed E-state index contributed by atoms with van der Waals surface area (Å²) in [4.78, 5) is 23.1. The summed E-state index contributed by atoms with van der Waals surface area (Å²) in [6.07, 6.45) is 8.56. The number of anilines is 2. The van der Waals surface area contributed by atoms with E-state index in [9.17, 15) is 4.79 Å². The van der Waals surface area contributed by atoms with Gasteiger partial charge in [0.2, 0.25) is 5.91 Å². The third-order valence-corrected chi connectivity index (χ3v) is 7.19. The van der Waals surface area contributed by atoms with Crippen molar-refractivity contribution in [3.63, 3.8) is 0 Å². The third kappa shape index (κ3) is 5.10. The van der Waals surface area contributed by atoms with Crippen molar-refractivity contribution in [2.45, 2.75) is 38.6 Å². The van der Waals surface area contributed by atoms with Gasteiger partial charge >= 0.3 is 0 Å². The molecule has 3 aliphatic rings. The number of aromatic nitrogens is 2. The Morgan fingerprint density at radius 3 is 2.41 bits per heavy atom. The van der Waals surface area contributed by atoms with Gasteiger partial charge in [0, 0.05) is 57.1 Å². The van der Waals surface area contributed by atoms with Crippen LogP contribution in [0.1, 0.15) is 32.6 Å². The van der Waals surface area contributed by atoms with Crippen LogP contribution in [0.25, 0.3) is 11.3 Å². The van der Waals surface area contributed by atoms with Crippen LogP contribution in [0, 0.1) is 17.8 Å². The highest BCUT2D eigenvalue weighted by molar-refractivity contribution is 5.88. The fraction of sp³-hybridized carbons (Fsp3) is 0.560. The first-order valence-electron chi connectivity index (χ1n) is 11.9. The van der Waals surface area contributed by atoms with Crippen LogP contribution < -0.4 is 10.6 Å². The Labute approximate surface area is 190 Å². The van der Waals surface area contributed by atoms with Gasteiger partial charge in [0.15, 0.2) is 0 Å². The molecule has 0 bridgehead atoms. The summed E-state index contributed by atoms with van der Waals surface area (Å²) < 4.78 is 5.51. The molecule has 7 heteroatoms. The second kappa shape index (κ2) is 9.55. The van der Waals surface area contributed by atoms with Crippen molar-refractivity contribution in [2.24, 2.45) is 17.8 Å². The largest absolute Gasteiger partial charge is 0.381 e. The van der Waals surface area contributed by atoms with E-state index in [1.807, 2.05) is 36.7 Å². The summed E-state index contributed by atoms with van der Waals surface area (Å²) in [5, 5.41) is 6.40. The van der Waals surface area contributed by atoms with Gasteiger partial charge in [-0.1, -0.05) is 12.1 Å². The Balaban J connectivity index is 1.11. The summed E-state index contributed by atoms with van der Waals surface area (Å²) in [5.41, 5.74) is 2.60. The van der Waals surface area contributed by atoms with Gasteiger partial charge in [-0.25, -0.2) is 4.98 Å². The van der Waals surface area contributed by atoms with Crippen LogP contribution in [0.3, 0.4) is 0 Å². The van der Waals surface area contributed by atoms with Crippen LogP contribution >= 0.6 is 0 Å². The highest BCUT2D eigenvalue weighted by Crippen LogP contribution is 2.39. The smallest absolute Gasteiger partial charge is 0.221 e. The summed E-state index contributed by atoms with van der Waals surface area (Å²) in [6, 6.07) is 8.16. The number of nitrogens with one attached hydrogen (secondary N) is 2. The van der Waals surface area contributed by atoms with E-state index in [1.54, 1.807) is 0 Å². The van der Waals surface area contributed by atoms with E-state index in [2.05, 4.69) is 25.5 Å². The van der Waals surface area contributed by atoms with E-state index >= 15 is 0 Å². The first kappa shape index (κ1) is 21.3. The topological polar surface area (TPSA) is 79.4 Å². The molecule has 1 aromatic heterocycles. The van der Waals surface area contributed by atoms with E-state index in [0.29, 0.717) is 6.04 Å². The van der Waals surface area contributed by atoms with Gasteiger partial charge in [0.05, 0.1) is 18.1 Å². The molecule has 3 atom stereocenters. The van der Waals surface area contributed by atoms with E-state index in [0.717, 1.165) is 53.7 Å². The van der Waals surface area contributed by atoms with Crippen LogP contribution in [0.4, 0.5) is 11.5 Å². The average molecular weight is 436 g/mol. The predicted molar refractivity (Wildman–Crippen MR) is 125 cm³/mol. The van der Waals surface area contributed by atoms with Crippen molar-refractivity contribution in [1.29, 1.82) is 0 Å². The minimum Gasteiger partial charge on any atom is -0.381 e. The molecular weight excluding hydrogens is 402 g/mol. The number of nitrogens with zero attached hydrogens (tertiary/aromatic N) is 3. The van der Waals surface area contributed by atoms with Gasteiger partial charge in [-0.15, -0.1) is 0 Å². The molecule has 3 fully saturated rings. The number of carbonyl (C=O) groups is 1. The van der Waals surface area contributed by atoms with Crippen molar-refractivity contribution < 1.29 is 9.53 Å². The first-order chi connectivity index (χ1) is 15.6. The molecule has 1 saturated carbocycles. The van der Waals surface area contributed by atoms with Crippen LogP contribution in [0.15, 0.2) is 36.7 Å². The molecule has 2 saturated heterocycles. The number of hydrogen-bond acceptors (Lipinski definition) is 6. The molecule has 7 nitrogen and oxygen atoms in total. The number of benzene rings is 1. The zero-order valence-corrected chi connectivity index (χ0v) is 18.8. The van der Waals surface area contributed by atoms with E-state index < -0.39 is 0 Å². The lowest BCUT2D eigenvalue weighted by Crippen LogP contribution is -2.32. The van der Waals surface area contributed by atoms with Gasteiger partial charge < -0.3 is 20.3 Å². The van der Waals surface area contributed by atoms with Crippen LogP contribution in [0.2, 0.25) is 0 Å². The Kier molecular flexibility index (Phi) is 6.37. The minimum atomic E-state index is -0.0731. The number of rotatable bonds is 6. The lowest BCUT2D eigenvalue weighted by atomic mass is 10.00. The number of likely N-dealkylation sites (tertiary alicyclic amines) is 1. The fourth-order valence-electron chi connectivity index (χ4n) is 5.65. The van der Waals surface area contributed by atoms with E-state index in [-0.39, 0.29) is 5.91 Å². The molecule has 0 spiro atoms. The zero-order valence-electron chi connectivity index (χ0n) is 18.8. The number of amides is 1. The monoisotopic (exact) mass is 435 g/mol. The second-order valence-electron chi connectivity index (χ2n) is 9.65. The molecule has 2 aliphatic heterocycles. The van der Waals surface area contributed by atoms with Gasteiger partial charge in [-0.05, 0) is 55.6 Å². The third-order valence-electron chi connectivity index (χ3n) is 7.19. The highest BCUT2D eigenvalue weighted by atomic mass is 16.5. The van der Waals surface area contributed by atoms with Gasteiger partial charge in [-0.2, -0.15) is 0 Å². The van der Waals surface area contributed by atoms with E-state index in [1.165, 1.54) is 52.2 Å². The molecule has 2 aromatic rings. The molecule has 32 heavy (non-hydrogen) atoms. The Morgan fingerprint density at radius 2 is 1.78 bits per heavy atom. The predicted octanol–water partition coefficient (Wildman–Crippen LogP) is 3.65. The minimum absolute atomic E-state index is 0.0731. The fourth-order valence-corrected chi connectivity index (χ4v) is 5.65. The lowest BCUT2D eigenvalue weighted by molar-refractivity contribution is -0.114. The van der Waals surface area contributed by atoms with Crippen molar-refractivity contribution in [1.82, 2.24) is 14.9 Å². The van der Waals surface area contributed by atoms with Crippen molar-refractivity contribution in [3.8, 4) is 11.3 Å². The normalized spacial score (nSPS) is 26.1. The number of carbonyl (C=O) groups excluding carboxylic acids is 1. The lowest BCUT2D eigenvalue weighted by Gasteiger charge is -2.27. The Bertz CT molecular complexity index is 897. The standard InChI is InChI=1S/C25H33N5O2/c1-17(31)28-22-4-2-19(3-5-22)24-12-27-25(13-26-24)29-23-10-20-15-30(16-21(20)11-23)14-18-6-8-32-9-7-18/h2-5,12-13,18,20-21,23H,6-11,14-16H2,1H3,(H,27,29)(H,28,31)/t20-,21+,23?. The van der Waals surface area contributed by atoms with Gasteiger partial charge in [0.25, 0.3) is 0 Å². The molecule has 5 rings (SSSR count). The maximum atomic E-state index is 11.2. The van der Waals surface area contributed by atoms with Crippen molar-refractivity contribution in [2.75, 3.05) is 43.5 Å². The second-order valence-corrected chi connectivity index (χ2v) is 9.65. The van der Waals surface area contributed by atoms with Crippen LogP contribution in [-0.4, -0.2) is 59.7 Å². The maximum Gasteiger partial charge on any atom is 0.221 e. The summed E-state index contributed by atoms with van der Waals surface area (Å²) in [6.45, 7) is 7.15. The summed E-state index contributed by atoms with van der Waals surface area (Å²) in [5.74, 6) is 3.22.